The molecule has 0 radical (unpaired) electrons. The predicted molar refractivity (Wildman–Crippen MR) is 98.5 cm³/mol. The number of carbonyl (C=O) groups is 1. The smallest absolute Gasteiger partial charge is 0.252 e. The topological polar surface area (TPSA) is 72.5 Å². The lowest BCUT2D eigenvalue weighted by molar-refractivity contribution is 0.0946. The molecule has 0 unspecified atom stereocenters. The van der Waals surface area contributed by atoms with Gasteiger partial charge in [0.15, 0.2) is 0 Å². The minimum atomic E-state index is -0.161. The van der Waals surface area contributed by atoms with Crippen LogP contribution in [0.1, 0.15) is 30.1 Å². The second-order valence-electron chi connectivity index (χ2n) is 5.49. The Hall–Kier alpha value is -2.76. The number of rotatable bonds is 10. The van der Waals surface area contributed by atoms with Gasteiger partial charge in [-0.25, -0.2) is 4.98 Å². The Bertz CT molecular complexity index is 642. The maximum Gasteiger partial charge on any atom is 0.252 e. The predicted octanol–water partition coefficient (Wildman–Crippen LogP) is 3.11. The minimum Gasteiger partial charge on any atom is -0.497 e. The third kappa shape index (κ3) is 6.33. The van der Waals surface area contributed by atoms with Crippen molar-refractivity contribution in [2.75, 3.05) is 32.1 Å². The number of aromatic nitrogens is 1. The lowest BCUT2D eigenvalue weighted by atomic mass is 10.2. The summed E-state index contributed by atoms with van der Waals surface area (Å²) in [6.45, 7) is 3.84. The molecule has 0 fully saturated rings. The number of nitrogens with one attached hydrogen (secondary N) is 2. The Labute approximate surface area is 148 Å². The van der Waals surface area contributed by atoms with Gasteiger partial charge in [-0.05, 0) is 42.8 Å². The molecule has 25 heavy (non-hydrogen) atoms. The SMILES string of the molecule is CCCCNc1ccc(C(=O)NCCOc2ccc(OC)cc2)cn1. The maximum atomic E-state index is 12.1. The molecule has 0 saturated heterocycles. The highest BCUT2D eigenvalue weighted by Crippen LogP contribution is 2.16. The van der Waals surface area contributed by atoms with Crippen molar-refractivity contribution in [1.29, 1.82) is 0 Å². The van der Waals surface area contributed by atoms with E-state index in [1.807, 2.05) is 30.3 Å². The first-order valence-electron chi connectivity index (χ1n) is 8.48. The second kappa shape index (κ2) is 10.2. The molecule has 134 valence electrons. The van der Waals surface area contributed by atoms with Crippen molar-refractivity contribution in [3.8, 4) is 11.5 Å². The van der Waals surface area contributed by atoms with Crippen LogP contribution in [0.15, 0.2) is 42.6 Å². The number of amides is 1. The van der Waals surface area contributed by atoms with Gasteiger partial charge in [-0.3, -0.25) is 4.79 Å². The van der Waals surface area contributed by atoms with Crippen LogP contribution in [0.4, 0.5) is 5.82 Å². The number of pyridine rings is 1. The first-order valence-corrected chi connectivity index (χ1v) is 8.48. The Morgan fingerprint density at radius 1 is 1.08 bits per heavy atom. The molecule has 0 aliphatic carbocycles. The van der Waals surface area contributed by atoms with E-state index in [0.717, 1.165) is 36.7 Å². The van der Waals surface area contributed by atoms with E-state index in [1.54, 1.807) is 19.4 Å². The quantitative estimate of drug-likeness (QED) is 0.649. The van der Waals surface area contributed by atoms with Gasteiger partial charge in [-0.2, -0.15) is 0 Å². The summed E-state index contributed by atoms with van der Waals surface area (Å²) in [6, 6.07) is 10.9. The van der Waals surface area contributed by atoms with Gasteiger partial charge in [0.1, 0.15) is 23.9 Å². The summed E-state index contributed by atoms with van der Waals surface area (Å²) in [5.41, 5.74) is 0.533. The van der Waals surface area contributed by atoms with Crippen LogP contribution in [-0.4, -0.2) is 37.7 Å². The van der Waals surface area contributed by atoms with Crippen molar-refractivity contribution >= 4 is 11.7 Å². The Morgan fingerprint density at radius 2 is 1.84 bits per heavy atom. The third-order valence-electron chi connectivity index (χ3n) is 3.58. The van der Waals surface area contributed by atoms with Gasteiger partial charge in [0.25, 0.3) is 5.91 Å². The molecule has 2 N–H and O–H groups in total. The van der Waals surface area contributed by atoms with Crippen LogP contribution in [-0.2, 0) is 0 Å². The number of unbranched alkanes of at least 4 members (excludes halogenated alkanes) is 1. The summed E-state index contributed by atoms with van der Waals surface area (Å²) in [4.78, 5) is 16.3. The van der Waals surface area contributed by atoms with Crippen molar-refractivity contribution in [3.63, 3.8) is 0 Å². The number of nitrogens with zero attached hydrogens (tertiary/aromatic N) is 1. The highest BCUT2D eigenvalue weighted by Gasteiger charge is 2.05. The van der Waals surface area contributed by atoms with Gasteiger partial charge in [0, 0.05) is 12.7 Å². The summed E-state index contributed by atoms with van der Waals surface area (Å²) in [7, 11) is 1.62. The molecule has 6 heteroatoms. The van der Waals surface area contributed by atoms with E-state index in [2.05, 4.69) is 22.5 Å². The van der Waals surface area contributed by atoms with E-state index in [0.29, 0.717) is 18.7 Å². The number of anilines is 1. The standard InChI is InChI=1S/C19H25N3O3/c1-3-4-11-20-18-10-5-15(14-22-18)19(23)21-12-13-25-17-8-6-16(24-2)7-9-17/h5-10,14H,3-4,11-13H2,1-2H3,(H,20,22)(H,21,23). The number of ether oxygens (including phenoxy) is 2. The summed E-state index contributed by atoms with van der Waals surface area (Å²) in [5, 5.41) is 6.03. The van der Waals surface area contributed by atoms with Gasteiger partial charge in [0.05, 0.1) is 19.2 Å². The second-order valence-corrected chi connectivity index (χ2v) is 5.49. The molecule has 6 nitrogen and oxygen atoms in total. The average Bonchev–Trinajstić information content (AvgIpc) is 2.66. The normalized spacial score (nSPS) is 10.2. The molecular formula is C19H25N3O3. The fraction of sp³-hybridized carbons (Fsp3) is 0.368. The largest absolute Gasteiger partial charge is 0.497 e. The molecular weight excluding hydrogens is 318 g/mol. The zero-order chi connectivity index (χ0) is 17.9. The summed E-state index contributed by atoms with van der Waals surface area (Å²) < 4.78 is 10.7. The van der Waals surface area contributed by atoms with Crippen molar-refractivity contribution in [1.82, 2.24) is 10.3 Å². The molecule has 0 aliphatic heterocycles. The summed E-state index contributed by atoms with van der Waals surface area (Å²) >= 11 is 0. The first-order chi connectivity index (χ1) is 12.2. The Morgan fingerprint density at radius 3 is 2.48 bits per heavy atom. The molecule has 1 heterocycles. The van der Waals surface area contributed by atoms with Gasteiger partial charge in [0.2, 0.25) is 0 Å². The van der Waals surface area contributed by atoms with Crippen LogP contribution < -0.4 is 20.1 Å². The highest BCUT2D eigenvalue weighted by atomic mass is 16.5. The molecule has 0 aliphatic rings. The number of methoxy groups -OCH3 is 1. The number of carbonyl (C=O) groups excluding carboxylic acids is 1. The minimum absolute atomic E-state index is 0.161. The van der Waals surface area contributed by atoms with Crippen molar-refractivity contribution in [3.05, 3.63) is 48.2 Å². The van der Waals surface area contributed by atoms with Gasteiger partial charge < -0.3 is 20.1 Å². The molecule has 1 amide bonds. The van der Waals surface area contributed by atoms with Gasteiger partial charge >= 0.3 is 0 Å². The van der Waals surface area contributed by atoms with E-state index in [-0.39, 0.29) is 5.91 Å². The van der Waals surface area contributed by atoms with E-state index in [9.17, 15) is 4.79 Å². The number of benzene rings is 1. The van der Waals surface area contributed by atoms with Crippen LogP contribution >= 0.6 is 0 Å². The van der Waals surface area contributed by atoms with Crippen molar-refractivity contribution < 1.29 is 14.3 Å². The fourth-order valence-corrected chi connectivity index (χ4v) is 2.13. The zero-order valence-electron chi connectivity index (χ0n) is 14.7. The van der Waals surface area contributed by atoms with Crippen LogP contribution in [0, 0.1) is 0 Å². The van der Waals surface area contributed by atoms with E-state index in [1.165, 1.54) is 0 Å². The Balaban J connectivity index is 1.70. The van der Waals surface area contributed by atoms with Crippen LogP contribution in [0.3, 0.4) is 0 Å². The van der Waals surface area contributed by atoms with Crippen LogP contribution in [0.5, 0.6) is 11.5 Å². The number of hydrogen-bond acceptors (Lipinski definition) is 5. The summed E-state index contributed by atoms with van der Waals surface area (Å²) in [5.74, 6) is 2.14. The van der Waals surface area contributed by atoms with Crippen molar-refractivity contribution in [2.45, 2.75) is 19.8 Å². The highest BCUT2D eigenvalue weighted by molar-refractivity contribution is 5.94. The lowest BCUT2D eigenvalue weighted by Gasteiger charge is -2.09. The van der Waals surface area contributed by atoms with Gasteiger partial charge in [-0.15, -0.1) is 0 Å². The van der Waals surface area contributed by atoms with Crippen molar-refractivity contribution in [2.24, 2.45) is 0 Å². The molecule has 0 bridgehead atoms. The molecule has 0 atom stereocenters. The van der Waals surface area contributed by atoms with Gasteiger partial charge in [-0.1, -0.05) is 13.3 Å². The fourth-order valence-electron chi connectivity index (χ4n) is 2.13. The van der Waals surface area contributed by atoms with E-state index >= 15 is 0 Å². The van der Waals surface area contributed by atoms with E-state index in [4.69, 9.17) is 9.47 Å². The molecule has 2 aromatic rings. The average molecular weight is 343 g/mol. The first kappa shape index (κ1) is 18.6. The molecule has 2 rings (SSSR count). The number of hydrogen-bond donors (Lipinski definition) is 2. The molecule has 0 saturated carbocycles. The van der Waals surface area contributed by atoms with Crippen LogP contribution in [0.2, 0.25) is 0 Å². The zero-order valence-corrected chi connectivity index (χ0v) is 14.7. The van der Waals surface area contributed by atoms with Crippen LogP contribution in [0.25, 0.3) is 0 Å². The molecule has 1 aromatic carbocycles. The Kier molecular flexibility index (Phi) is 7.56. The molecule has 0 spiro atoms. The summed E-state index contributed by atoms with van der Waals surface area (Å²) in [6.07, 6.45) is 3.80. The molecule has 1 aromatic heterocycles. The lowest BCUT2D eigenvalue weighted by Crippen LogP contribution is -2.28. The van der Waals surface area contributed by atoms with E-state index < -0.39 is 0 Å². The monoisotopic (exact) mass is 343 g/mol. The third-order valence-corrected chi connectivity index (χ3v) is 3.58. The maximum absolute atomic E-state index is 12.1.